The lowest BCUT2D eigenvalue weighted by Gasteiger charge is -2.00. The van der Waals surface area contributed by atoms with E-state index in [0.717, 1.165) is 0 Å². The molecule has 10 heavy (non-hydrogen) atoms. The van der Waals surface area contributed by atoms with E-state index in [1.165, 1.54) is 5.56 Å². The second-order valence-electron chi connectivity index (χ2n) is 2.09. The van der Waals surface area contributed by atoms with Crippen LogP contribution in [0.1, 0.15) is 5.56 Å². The fraction of sp³-hybridized carbons (Fsp3) is 0.143. The predicted molar refractivity (Wildman–Crippen MR) is 41.2 cm³/mol. The van der Waals surface area contributed by atoms with Gasteiger partial charge in [0.05, 0.1) is 0 Å². The first kappa shape index (κ1) is 7.16. The monoisotopic (exact) mass is 136 g/mol. The molecule has 0 aliphatic carbocycles. The second-order valence-corrected chi connectivity index (χ2v) is 2.09. The molecule has 0 radical (unpaired) electrons. The normalized spacial score (nSPS) is 9.00. The smallest absolute Gasteiger partial charge is 0.504 e. The van der Waals surface area contributed by atoms with Crippen LogP contribution in [0.2, 0.25) is 0 Å². The Balaban J connectivity index is 2.69. The van der Waals surface area contributed by atoms with Gasteiger partial charge in [0.1, 0.15) is 5.75 Å². The average molecular weight is 136 g/mol. The lowest BCUT2D eigenvalue weighted by Crippen LogP contribution is -1.99. The maximum atomic E-state index is 8.37. The first-order valence-electron chi connectivity index (χ1n) is 3.13. The lowest BCUT2D eigenvalue weighted by atomic mass is 10.2. The summed E-state index contributed by atoms with van der Waals surface area (Å²) in [6.45, 7) is 2.00. The SMILES string of the molecule is Cc1ccc(OBO)cc1. The number of benzene rings is 1. The van der Waals surface area contributed by atoms with E-state index in [0.29, 0.717) is 5.75 Å². The summed E-state index contributed by atoms with van der Waals surface area (Å²) in [6.07, 6.45) is 0. The first-order chi connectivity index (χ1) is 4.83. The van der Waals surface area contributed by atoms with Gasteiger partial charge in [-0.3, -0.25) is 0 Å². The topological polar surface area (TPSA) is 29.5 Å². The number of rotatable bonds is 2. The van der Waals surface area contributed by atoms with Crippen LogP contribution >= 0.6 is 0 Å². The van der Waals surface area contributed by atoms with Crippen molar-refractivity contribution < 1.29 is 9.68 Å². The van der Waals surface area contributed by atoms with Crippen LogP contribution in [0, 0.1) is 6.92 Å². The van der Waals surface area contributed by atoms with E-state index in [1.54, 1.807) is 0 Å². The van der Waals surface area contributed by atoms with Gasteiger partial charge in [-0.25, -0.2) is 0 Å². The predicted octanol–water partition coefficient (Wildman–Crippen LogP) is 0.633. The molecule has 3 heteroatoms. The second kappa shape index (κ2) is 3.27. The highest BCUT2D eigenvalue weighted by Gasteiger charge is 1.90. The van der Waals surface area contributed by atoms with E-state index in [2.05, 4.69) is 0 Å². The summed E-state index contributed by atoms with van der Waals surface area (Å²) in [5, 5.41) is 8.37. The van der Waals surface area contributed by atoms with E-state index in [4.69, 9.17) is 9.68 Å². The molecule has 0 heterocycles. The average Bonchev–Trinajstić information content (AvgIpc) is 1.95. The molecule has 0 unspecified atom stereocenters. The molecule has 1 aromatic carbocycles. The van der Waals surface area contributed by atoms with Gasteiger partial charge in [-0.1, -0.05) is 17.7 Å². The van der Waals surface area contributed by atoms with Gasteiger partial charge in [0.2, 0.25) is 0 Å². The summed E-state index contributed by atoms with van der Waals surface area (Å²) in [4.78, 5) is 0. The third-order valence-corrected chi connectivity index (χ3v) is 1.25. The summed E-state index contributed by atoms with van der Waals surface area (Å²) in [5.41, 5.74) is 1.19. The summed E-state index contributed by atoms with van der Waals surface area (Å²) < 4.78 is 4.82. The highest BCUT2D eigenvalue weighted by Crippen LogP contribution is 2.09. The van der Waals surface area contributed by atoms with Crippen molar-refractivity contribution in [1.82, 2.24) is 0 Å². The summed E-state index contributed by atoms with van der Waals surface area (Å²) >= 11 is 0. The van der Waals surface area contributed by atoms with Gasteiger partial charge in [0.25, 0.3) is 0 Å². The van der Waals surface area contributed by atoms with Crippen LogP contribution in [0.3, 0.4) is 0 Å². The molecule has 1 rings (SSSR count). The quantitative estimate of drug-likeness (QED) is 0.604. The zero-order valence-corrected chi connectivity index (χ0v) is 5.87. The summed E-state index contributed by atoms with van der Waals surface area (Å²) in [6, 6.07) is 7.52. The summed E-state index contributed by atoms with van der Waals surface area (Å²) in [5.74, 6) is 0.702. The molecule has 0 saturated carbocycles. The van der Waals surface area contributed by atoms with Crippen LogP contribution in [-0.4, -0.2) is 12.7 Å². The maximum absolute atomic E-state index is 8.37. The zero-order valence-electron chi connectivity index (χ0n) is 5.87. The van der Waals surface area contributed by atoms with Gasteiger partial charge in [0.15, 0.2) is 0 Å². The highest BCUT2D eigenvalue weighted by molar-refractivity contribution is 6.17. The Labute approximate surface area is 60.8 Å². The van der Waals surface area contributed by atoms with E-state index in [1.807, 2.05) is 31.2 Å². The van der Waals surface area contributed by atoms with E-state index < -0.39 is 0 Å². The van der Waals surface area contributed by atoms with E-state index in [9.17, 15) is 0 Å². The van der Waals surface area contributed by atoms with Gasteiger partial charge in [-0.05, 0) is 19.1 Å². The van der Waals surface area contributed by atoms with Crippen LogP contribution in [0.4, 0.5) is 0 Å². The van der Waals surface area contributed by atoms with E-state index >= 15 is 0 Å². The van der Waals surface area contributed by atoms with E-state index in [-0.39, 0.29) is 7.69 Å². The maximum Gasteiger partial charge on any atom is 0.504 e. The Morgan fingerprint density at radius 1 is 1.30 bits per heavy atom. The van der Waals surface area contributed by atoms with Gasteiger partial charge in [-0.2, -0.15) is 0 Å². The molecule has 2 nitrogen and oxygen atoms in total. The minimum absolute atomic E-state index is 0.261. The number of hydrogen-bond donors (Lipinski definition) is 1. The van der Waals surface area contributed by atoms with Crippen LogP contribution in [0.15, 0.2) is 24.3 Å². The number of aryl methyl sites for hydroxylation is 1. The van der Waals surface area contributed by atoms with Crippen LogP contribution < -0.4 is 4.65 Å². The van der Waals surface area contributed by atoms with Crippen molar-refractivity contribution in [2.24, 2.45) is 0 Å². The van der Waals surface area contributed by atoms with Crippen molar-refractivity contribution >= 4 is 7.69 Å². The van der Waals surface area contributed by atoms with Gasteiger partial charge in [-0.15, -0.1) is 0 Å². The van der Waals surface area contributed by atoms with Gasteiger partial charge >= 0.3 is 7.69 Å². The Kier molecular flexibility index (Phi) is 2.34. The fourth-order valence-corrected chi connectivity index (χ4v) is 0.709. The largest absolute Gasteiger partial charge is 0.539 e. The van der Waals surface area contributed by atoms with Crippen LogP contribution in [0.25, 0.3) is 0 Å². The van der Waals surface area contributed by atoms with Crippen molar-refractivity contribution in [3.05, 3.63) is 29.8 Å². The van der Waals surface area contributed by atoms with Crippen molar-refractivity contribution in [3.63, 3.8) is 0 Å². The van der Waals surface area contributed by atoms with Crippen molar-refractivity contribution in [2.45, 2.75) is 6.92 Å². The Hall–Kier alpha value is -0.955. The Morgan fingerprint density at radius 2 is 1.90 bits per heavy atom. The first-order valence-corrected chi connectivity index (χ1v) is 3.13. The van der Waals surface area contributed by atoms with Gasteiger partial charge in [0, 0.05) is 0 Å². The molecule has 0 amide bonds. The van der Waals surface area contributed by atoms with Crippen LogP contribution in [0.5, 0.6) is 5.75 Å². The summed E-state index contributed by atoms with van der Waals surface area (Å²) in [7, 11) is -0.261. The Bertz CT molecular complexity index is 195. The van der Waals surface area contributed by atoms with Gasteiger partial charge < -0.3 is 9.68 Å². The molecule has 0 atom stereocenters. The molecule has 1 N–H and O–H groups in total. The molecule has 0 saturated heterocycles. The third-order valence-electron chi connectivity index (χ3n) is 1.25. The Morgan fingerprint density at radius 3 is 2.40 bits per heavy atom. The fourth-order valence-electron chi connectivity index (χ4n) is 0.709. The minimum atomic E-state index is -0.261. The standard InChI is InChI=1S/C7H9BO2/c1-6-2-4-7(5-3-6)10-8-9/h2-5,8-9H,1H3. The lowest BCUT2D eigenvalue weighted by molar-refractivity contribution is 0.454. The molecule has 1 aromatic rings. The minimum Gasteiger partial charge on any atom is -0.539 e. The molecular formula is C7H9BO2. The van der Waals surface area contributed by atoms with Crippen molar-refractivity contribution in [1.29, 1.82) is 0 Å². The van der Waals surface area contributed by atoms with Crippen molar-refractivity contribution in [3.8, 4) is 5.75 Å². The number of hydrogen-bond acceptors (Lipinski definition) is 2. The molecule has 0 aromatic heterocycles. The molecular weight excluding hydrogens is 127 g/mol. The third kappa shape index (κ3) is 1.77. The van der Waals surface area contributed by atoms with Crippen LogP contribution in [-0.2, 0) is 0 Å². The molecule has 52 valence electrons. The molecule has 0 spiro atoms. The molecule has 0 bridgehead atoms. The highest BCUT2D eigenvalue weighted by atomic mass is 16.5. The molecule has 0 fully saturated rings. The molecule has 0 aliphatic heterocycles. The van der Waals surface area contributed by atoms with Crippen molar-refractivity contribution in [2.75, 3.05) is 0 Å². The molecule has 0 aliphatic rings. The zero-order chi connectivity index (χ0) is 7.40.